The van der Waals surface area contributed by atoms with Crippen molar-refractivity contribution in [1.82, 2.24) is 9.78 Å². The van der Waals surface area contributed by atoms with Gasteiger partial charge < -0.3 is 0 Å². The Balaban J connectivity index is 2.33. The maximum absolute atomic E-state index is 12.2. The normalized spacial score (nSPS) is 11.6. The van der Waals surface area contributed by atoms with E-state index in [1.165, 1.54) is 23.7 Å². The second-order valence-electron chi connectivity index (χ2n) is 4.57. The lowest BCUT2D eigenvalue weighted by Gasteiger charge is -2.05. The van der Waals surface area contributed by atoms with Gasteiger partial charge >= 0.3 is 0 Å². The molecule has 0 fully saturated rings. The Morgan fingerprint density at radius 2 is 2.20 bits per heavy atom. The van der Waals surface area contributed by atoms with Crippen LogP contribution < -0.4 is 4.72 Å². The fourth-order valence-corrected chi connectivity index (χ4v) is 3.71. The first kappa shape index (κ1) is 14.6. The summed E-state index contributed by atoms with van der Waals surface area (Å²) in [6, 6.07) is 3.71. The number of anilines is 1. The number of rotatable bonds is 4. The standard InChI is InChI=1S/C12H14N4O2S2/c1-8(2)16-7-11(6-14-16)20(17,18)15-12-10(5-13)4-9(3)19-12/h4,6-8,15H,1-3H3. The molecule has 2 rings (SSSR count). The van der Waals surface area contributed by atoms with Gasteiger partial charge in [0.05, 0.1) is 11.8 Å². The molecule has 6 nitrogen and oxygen atoms in total. The predicted octanol–water partition coefficient (Wildman–Crippen LogP) is 2.51. The van der Waals surface area contributed by atoms with Crippen LogP contribution in [-0.4, -0.2) is 18.2 Å². The summed E-state index contributed by atoms with van der Waals surface area (Å²) in [5.74, 6) is 0. The second-order valence-corrected chi connectivity index (χ2v) is 7.51. The molecule has 2 aromatic rings. The summed E-state index contributed by atoms with van der Waals surface area (Å²) in [6.45, 7) is 5.64. The first-order valence-electron chi connectivity index (χ1n) is 5.91. The molecule has 0 spiro atoms. The van der Waals surface area contributed by atoms with Gasteiger partial charge in [-0.3, -0.25) is 9.40 Å². The van der Waals surface area contributed by atoms with Crippen LogP contribution in [0.1, 0.15) is 30.3 Å². The lowest BCUT2D eigenvalue weighted by Crippen LogP contribution is -2.12. The molecule has 0 saturated carbocycles. The monoisotopic (exact) mass is 310 g/mol. The molecule has 0 radical (unpaired) electrons. The van der Waals surface area contributed by atoms with Crippen molar-refractivity contribution < 1.29 is 8.42 Å². The number of sulfonamides is 1. The van der Waals surface area contributed by atoms with Gasteiger partial charge in [0.2, 0.25) is 0 Å². The number of aryl methyl sites for hydroxylation is 1. The predicted molar refractivity (Wildman–Crippen MR) is 77.2 cm³/mol. The van der Waals surface area contributed by atoms with Crippen LogP contribution >= 0.6 is 11.3 Å². The minimum atomic E-state index is -3.72. The molecule has 0 aliphatic rings. The Morgan fingerprint density at radius 3 is 2.75 bits per heavy atom. The fraction of sp³-hybridized carbons (Fsp3) is 0.333. The number of hydrogen-bond donors (Lipinski definition) is 1. The van der Waals surface area contributed by atoms with Gasteiger partial charge in [0, 0.05) is 17.1 Å². The highest BCUT2D eigenvalue weighted by atomic mass is 32.2. The van der Waals surface area contributed by atoms with Crippen molar-refractivity contribution in [2.45, 2.75) is 31.7 Å². The van der Waals surface area contributed by atoms with Gasteiger partial charge in [0.1, 0.15) is 16.0 Å². The first-order chi connectivity index (χ1) is 9.33. The largest absolute Gasteiger partial charge is 0.269 e. The molecule has 8 heteroatoms. The Labute approximate surface area is 121 Å². The zero-order chi connectivity index (χ0) is 14.9. The number of aromatic nitrogens is 2. The average molecular weight is 310 g/mol. The van der Waals surface area contributed by atoms with E-state index in [-0.39, 0.29) is 10.9 Å². The topological polar surface area (TPSA) is 87.8 Å². The maximum Gasteiger partial charge on any atom is 0.265 e. The first-order valence-corrected chi connectivity index (χ1v) is 8.21. The van der Waals surface area contributed by atoms with Crippen LogP contribution in [0.15, 0.2) is 23.4 Å². The zero-order valence-electron chi connectivity index (χ0n) is 11.3. The van der Waals surface area contributed by atoms with Gasteiger partial charge in [-0.2, -0.15) is 10.4 Å². The Hall–Kier alpha value is -1.85. The lowest BCUT2D eigenvalue weighted by atomic mass is 10.3. The third kappa shape index (κ3) is 2.84. The van der Waals surface area contributed by atoms with Crippen molar-refractivity contribution in [2.24, 2.45) is 0 Å². The van der Waals surface area contributed by atoms with Gasteiger partial charge in [-0.05, 0) is 26.8 Å². The molecule has 106 valence electrons. The van der Waals surface area contributed by atoms with Crippen molar-refractivity contribution in [3.63, 3.8) is 0 Å². The van der Waals surface area contributed by atoms with Crippen molar-refractivity contribution in [3.05, 3.63) is 28.9 Å². The van der Waals surface area contributed by atoms with Crippen LogP contribution in [0.4, 0.5) is 5.00 Å². The van der Waals surface area contributed by atoms with Crippen LogP contribution in [0.3, 0.4) is 0 Å². The molecule has 0 bridgehead atoms. The van der Waals surface area contributed by atoms with Crippen molar-refractivity contribution >= 4 is 26.4 Å². The maximum atomic E-state index is 12.2. The van der Waals surface area contributed by atoms with Gasteiger partial charge in [-0.15, -0.1) is 11.3 Å². The smallest absolute Gasteiger partial charge is 0.265 e. The molecule has 1 N–H and O–H groups in total. The molecule has 0 aliphatic heterocycles. The third-order valence-electron chi connectivity index (χ3n) is 2.62. The van der Waals surface area contributed by atoms with E-state index in [1.54, 1.807) is 10.7 Å². The van der Waals surface area contributed by atoms with E-state index in [1.807, 2.05) is 26.8 Å². The molecule has 2 aromatic heterocycles. The molecular formula is C12H14N4O2S2. The highest BCUT2D eigenvalue weighted by Crippen LogP contribution is 2.29. The average Bonchev–Trinajstić information content (AvgIpc) is 2.95. The van der Waals surface area contributed by atoms with Crippen LogP contribution in [0.5, 0.6) is 0 Å². The molecule has 0 unspecified atom stereocenters. The molecule has 0 saturated heterocycles. The number of nitriles is 1. The minimum absolute atomic E-state index is 0.0811. The summed E-state index contributed by atoms with van der Waals surface area (Å²) in [5, 5.41) is 13.3. The summed E-state index contributed by atoms with van der Waals surface area (Å²) in [4.78, 5) is 0.957. The summed E-state index contributed by atoms with van der Waals surface area (Å²) in [5.41, 5.74) is 0.326. The molecular weight excluding hydrogens is 296 g/mol. The van der Waals surface area contributed by atoms with Gasteiger partial charge in [0.25, 0.3) is 10.0 Å². The molecule has 0 atom stereocenters. The van der Waals surface area contributed by atoms with Crippen LogP contribution in [0, 0.1) is 18.3 Å². The van der Waals surface area contributed by atoms with E-state index in [2.05, 4.69) is 9.82 Å². The van der Waals surface area contributed by atoms with Crippen molar-refractivity contribution in [1.29, 1.82) is 5.26 Å². The van der Waals surface area contributed by atoms with E-state index in [0.717, 1.165) is 4.88 Å². The Kier molecular flexibility index (Phi) is 3.83. The molecule has 2 heterocycles. The fourth-order valence-electron chi connectivity index (χ4n) is 1.60. The summed E-state index contributed by atoms with van der Waals surface area (Å²) >= 11 is 1.23. The van der Waals surface area contributed by atoms with Crippen molar-refractivity contribution in [3.8, 4) is 6.07 Å². The lowest BCUT2D eigenvalue weighted by molar-refractivity contribution is 0.531. The quantitative estimate of drug-likeness (QED) is 0.939. The molecule has 20 heavy (non-hydrogen) atoms. The highest BCUT2D eigenvalue weighted by Gasteiger charge is 2.20. The van der Waals surface area contributed by atoms with Gasteiger partial charge in [0.15, 0.2) is 0 Å². The number of hydrogen-bond acceptors (Lipinski definition) is 5. The van der Waals surface area contributed by atoms with E-state index in [4.69, 9.17) is 5.26 Å². The summed E-state index contributed by atoms with van der Waals surface area (Å²) < 4.78 is 28.5. The summed E-state index contributed by atoms with van der Waals surface area (Å²) in [7, 11) is -3.72. The van der Waals surface area contributed by atoms with Crippen LogP contribution in [0.2, 0.25) is 0 Å². The Morgan fingerprint density at radius 1 is 1.50 bits per heavy atom. The highest BCUT2D eigenvalue weighted by molar-refractivity contribution is 7.93. The van der Waals surface area contributed by atoms with E-state index >= 15 is 0 Å². The Bertz CT molecular complexity index is 766. The van der Waals surface area contributed by atoms with E-state index < -0.39 is 10.0 Å². The number of nitrogens with one attached hydrogen (secondary N) is 1. The van der Waals surface area contributed by atoms with E-state index in [0.29, 0.717) is 10.6 Å². The molecule has 0 aromatic carbocycles. The van der Waals surface area contributed by atoms with Crippen LogP contribution in [0.25, 0.3) is 0 Å². The van der Waals surface area contributed by atoms with Crippen LogP contribution in [-0.2, 0) is 10.0 Å². The van der Waals surface area contributed by atoms with Gasteiger partial charge in [-0.25, -0.2) is 8.42 Å². The number of nitrogens with zero attached hydrogens (tertiary/aromatic N) is 3. The number of thiophene rings is 1. The zero-order valence-corrected chi connectivity index (χ0v) is 12.9. The van der Waals surface area contributed by atoms with Crippen molar-refractivity contribution in [2.75, 3.05) is 4.72 Å². The second kappa shape index (κ2) is 5.26. The minimum Gasteiger partial charge on any atom is -0.269 e. The third-order valence-corrected chi connectivity index (χ3v) is 5.02. The SMILES string of the molecule is Cc1cc(C#N)c(NS(=O)(=O)c2cnn(C(C)C)c2)s1. The summed E-state index contributed by atoms with van der Waals surface area (Å²) in [6.07, 6.45) is 2.77. The van der Waals surface area contributed by atoms with Gasteiger partial charge in [-0.1, -0.05) is 0 Å². The molecule has 0 aliphatic carbocycles. The van der Waals surface area contributed by atoms with E-state index in [9.17, 15) is 8.42 Å². The molecule has 0 amide bonds.